The van der Waals surface area contributed by atoms with Gasteiger partial charge in [0.05, 0.1) is 13.2 Å². The zero-order valence-electron chi connectivity index (χ0n) is 14.4. The third kappa shape index (κ3) is 3.42. The van der Waals surface area contributed by atoms with Crippen molar-refractivity contribution in [3.05, 3.63) is 66.4 Å². The van der Waals surface area contributed by atoms with Crippen LogP contribution in [0.25, 0.3) is 5.82 Å². The van der Waals surface area contributed by atoms with Gasteiger partial charge < -0.3 is 10.1 Å². The van der Waals surface area contributed by atoms with E-state index in [9.17, 15) is 4.79 Å². The van der Waals surface area contributed by atoms with Crippen LogP contribution in [0.3, 0.4) is 0 Å². The first kappa shape index (κ1) is 16.3. The van der Waals surface area contributed by atoms with Crippen LogP contribution in [0.15, 0.2) is 55.2 Å². The first-order valence-corrected chi connectivity index (χ1v) is 8.50. The summed E-state index contributed by atoms with van der Waals surface area (Å²) in [5.41, 5.74) is 1.64. The minimum atomic E-state index is -0.124. The molecule has 1 fully saturated rings. The molecule has 1 saturated carbocycles. The highest BCUT2D eigenvalue weighted by atomic mass is 16.5. The molecule has 2 aromatic heterocycles. The number of rotatable bonds is 6. The molecule has 1 atom stereocenters. The van der Waals surface area contributed by atoms with Gasteiger partial charge in [-0.1, -0.05) is 12.1 Å². The number of pyridine rings is 1. The van der Waals surface area contributed by atoms with Gasteiger partial charge in [-0.3, -0.25) is 4.79 Å². The predicted octanol–water partition coefficient (Wildman–Crippen LogP) is 2.55. The van der Waals surface area contributed by atoms with E-state index >= 15 is 0 Å². The molecule has 1 N–H and O–H groups in total. The van der Waals surface area contributed by atoms with Crippen molar-refractivity contribution in [2.24, 2.45) is 5.92 Å². The van der Waals surface area contributed by atoms with Gasteiger partial charge in [0.2, 0.25) is 0 Å². The van der Waals surface area contributed by atoms with E-state index in [4.69, 9.17) is 4.74 Å². The summed E-state index contributed by atoms with van der Waals surface area (Å²) in [6, 6.07) is 11.3. The first-order chi connectivity index (χ1) is 12.7. The van der Waals surface area contributed by atoms with E-state index in [1.165, 1.54) is 11.0 Å². The smallest absolute Gasteiger partial charge is 0.251 e. The summed E-state index contributed by atoms with van der Waals surface area (Å²) in [7, 11) is 1.64. The van der Waals surface area contributed by atoms with Gasteiger partial charge >= 0.3 is 0 Å². The van der Waals surface area contributed by atoms with Gasteiger partial charge in [-0.25, -0.2) is 14.6 Å². The molecule has 1 aromatic carbocycles. The number of nitrogens with zero attached hydrogens (tertiary/aromatic N) is 4. The molecule has 0 aliphatic heterocycles. The van der Waals surface area contributed by atoms with Crippen LogP contribution in [0.1, 0.15) is 34.8 Å². The number of hydrogen-bond acceptors (Lipinski definition) is 5. The van der Waals surface area contributed by atoms with E-state index in [2.05, 4.69) is 20.4 Å². The lowest BCUT2D eigenvalue weighted by atomic mass is 10.0. The molecule has 7 nitrogen and oxygen atoms in total. The van der Waals surface area contributed by atoms with Gasteiger partial charge in [-0.05, 0) is 48.6 Å². The highest BCUT2D eigenvalue weighted by Gasteiger charge is 2.33. The van der Waals surface area contributed by atoms with Crippen LogP contribution in [0, 0.1) is 5.92 Å². The molecule has 1 unspecified atom stereocenters. The fourth-order valence-electron chi connectivity index (χ4n) is 2.95. The van der Waals surface area contributed by atoms with Crippen molar-refractivity contribution in [3.8, 4) is 11.6 Å². The molecule has 26 heavy (non-hydrogen) atoms. The summed E-state index contributed by atoms with van der Waals surface area (Å²) in [6.45, 7) is 0. The minimum Gasteiger partial charge on any atom is -0.497 e. The summed E-state index contributed by atoms with van der Waals surface area (Å²) < 4.78 is 6.74. The highest BCUT2D eigenvalue weighted by molar-refractivity contribution is 5.94. The number of carbonyl (C=O) groups is 1. The Labute approximate surface area is 151 Å². The van der Waals surface area contributed by atoms with Gasteiger partial charge in [0.15, 0.2) is 5.82 Å². The van der Waals surface area contributed by atoms with E-state index < -0.39 is 0 Å². The van der Waals surface area contributed by atoms with Crippen LogP contribution in [0.2, 0.25) is 0 Å². The van der Waals surface area contributed by atoms with Crippen molar-refractivity contribution >= 4 is 5.91 Å². The molecule has 0 radical (unpaired) electrons. The molecule has 0 bridgehead atoms. The number of benzene rings is 1. The Bertz CT molecular complexity index is 889. The van der Waals surface area contributed by atoms with Gasteiger partial charge in [-0.2, -0.15) is 5.10 Å². The topological polar surface area (TPSA) is 81.9 Å². The van der Waals surface area contributed by atoms with Crippen molar-refractivity contribution in [2.75, 3.05) is 7.11 Å². The largest absolute Gasteiger partial charge is 0.497 e. The second-order valence-electron chi connectivity index (χ2n) is 6.30. The van der Waals surface area contributed by atoms with Crippen molar-refractivity contribution in [1.82, 2.24) is 25.1 Å². The number of hydrogen-bond donors (Lipinski definition) is 1. The van der Waals surface area contributed by atoms with E-state index in [1.54, 1.807) is 31.8 Å². The third-order valence-corrected chi connectivity index (χ3v) is 4.52. The van der Waals surface area contributed by atoms with Crippen LogP contribution in [0.5, 0.6) is 5.75 Å². The van der Waals surface area contributed by atoms with Crippen molar-refractivity contribution in [3.63, 3.8) is 0 Å². The third-order valence-electron chi connectivity index (χ3n) is 4.52. The van der Waals surface area contributed by atoms with Crippen LogP contribution in [-0.4, -0.2) is 32.8 Å². The lowest BCUT2D eigenvalue weighted by molar-refractivity contribution is 0.0931. The molecule has 1 amide bonds. The lowest BCUT2D eigenvalue weighted by Crippen LogP contribution is -2.30. The zero-order chi connectivity index (χ0) is 17.9. The summed E-state index contributed by atoms with van der Waals surface area (Å²) in [4.78, 5) is 20.9. The number of amides is 1. The molecule has 1 aliphatic rings. The monoisotopic (exact) mass is 349 g/mol. The number of nitrogens with one attached hydrogen (secondary N) is 1. The first-order valence-electron chi connectivity index (χ1n) is 8.50. The van der Waals surface area contributed by atoms with Crippen molar-refractivity contribution in [1.29, 1.82) is 0 Å². The number of carbonyl (C=O) groups excluding carboxylic acids is 1. The molecule has 132 valence electrons. The van der Waals surface area contributed by atoms with Gasteiger partial charge in [0.25, 0.3) is 5.91 Å². The number of methoxy groups -OCH3 is 1. The maximum absolute atomic E-state index is 12.8. The molecule has 1 aliphatic carbocycles. The van der Waals surface area contributed by atoms with Crippen LogP contribution < -0.4 is 10.1 Å². The van der Waals surface area contributed by atoms with E-state index in [0.29, 0.717) is 17.3 Å². The number of ether oxygens (including phenoxy) is 1. The molecular weight excluding hydrogens is 330 g/mol. The summed E-state index contributed by atoms with van der Waals surface area (Å²) in [5, 5.41) is 7.22. The van der Waals surface area contributed by atoms with Crippen LogP contribution in [-0.2, 0) is 0 Å². The summed E-state index contributed by atoms with van der Waals surface area (Å²) >= 11 is 0. The summed E-state index contributed by atoms with van der Waals surface area (Å²) in [6.07, 6.45) is 6.83. The van der Waals surface area contributed by atoms with Gasteiger partial charge in [-0.15, -0.1) is 0 Å². The fourth-order valence-corrected chi connectivity index (χ4v) is 2.95. The average Bonchev–Trinajstić information content (AvgIpc) is 3.38. The van der Waals surface area contributed by atoms with Gasteiger partial charge in [0, 0.05) is 11.8 Å². The SMILES string of the molecule is COc1ccc(C(NC(=O)c2ccnc(-n3cncn3)c2)C2CC2)cc1. The molecule has 2 heterocycles. The molecule has 0 saturated heterocycles. The van der Waals surface area contributed by atoms with E-state index in [1.807, 2.05) is 24.3 Å². The molecule has 0 spiro atoms. The maximum Gasteiger partial charge on any atom is 0.251 e. The Kier molecular flexibility index (Phi) is 4.35. The molecule has 3 aromatic rings. The predicted molar refractivity (Wildman–Crippen MR) is 95.1 cm³/mol. The van der Waals surface area contributed by atoms with Crippen molar-refractivity contribution in [2.45, 2.75) is 18.9 Å². The summed E-state index contributed by atoms with van der Waals surface area (Å²) in [5.74, 6) is 1.72. The quantitative estimate of drug-likeness (QED) is 0.739. The molecular formula is C19H19N5O2. The Morgan fingerprint density at radius 1 is 1.27 bits per heavy atom. The standard InChI is InChI=1S/C19H19N5O2/c1-26-16-6-4-14(5-7-16)18(13-2-3-13)23-19(25)15-8-9-21-17(10-15)24-12-20-11-22-24/h4-13,18H,2-3H2,1H3,(H,23,25). The molecule has 4 rings (SSSR count). The van der Waals surface area contributed by atoms with Gasteiger partial charge in [0.1, 0.15) is 18.4 Å². The fraction of sp³-hybridized carbons (Fsp3) is 0.263. The van der Waals surface area contributed by atoms with Crippen LogP contribution >= 0.6 is 0 Å². The lowest BCUT2D eigenvalue weighted by Gasteiger charge is -2.19. The Balaban J connectivity index is 1.54. The Hall–Kier alpha value is -3.22. The Morgan fingerprint density at radius 3 is 2.73 bits per heavy atom. The van der Waals surface area contributed by atoms with E-state index in [0.717, 1.165) is 24.2 Å². The zero-order valence-corrected chi connectivity index (χ0v) is 14.4. The maximum atomic E-state index is 12.8. The average molecular weight is 349 g/mol. The second-order valence-corrected chi connectivity index (χ2v) is 6.30. The second kappa shape index (κ2) is 6.95. The van der Waals surface area contributed by atoms with Crippen LogP contribution in [0.4, 0.5) is 0 Å². The Morgan fingerprint density at radius 2 is 2.08 bits per heavy atom. The number of aromatic nitrogens is 4. The molecule has 7 heteroatoms. The minimum absolute atomic E-state index is 0.00334. The highest BCUT2D eigenvalue weighted by Crippen LogP contribution is 2.41. The van der Waals surface area contributed by atoms with Crippen molar-refractivity contribution < 1.29 is 9.53 Å². The normalized spacial score (nSPS) is 14.7. The van der Waals surface area contributed by atoms with E-state index in [-0.39, 0.29) is 11.9 Å².